The molecule has 1 aliphatic rings. The molecular formula is C9H7BrF2. The van der Waals surface area contributed by atoms with E-state index in [1.54, 1.807) is 18.2 Å². The van der Waals surface area contributed by atoms with E-state index in [1.165, 1.54) is 0 Å². The third-order valence-electron chi connectivity index (χ3n) is 2.11. The molecule has 3 heteroatoms. The minimum Gasteiger partial charge on any atom is -0.206 e. The molecule has 1 aromatic carbocycles. The van der Waals surface area contributed by atoms with Gasteiger partial charge in [-0.15, -0.1) is 0 Å². The Morgan fingerprint density at radius 1 is 1.33 bits per heavy atom. The van der Waals surface area contributed by atoms with E-state index in [0.29, 0.717) is 0 Å². The van der Waals surface area contributed by atoms with Gasteiger partial charge in [0.25, 0.3) is 5.92 Å². The monoisotopic (exact) mass is 232 g/mol. The molecule has 12 heavy (non-hydrogen) atoms. The van der Waals surface area contributed by atoms with Crippen molar-refractivity contribution >= 4 is 15.9 Å². The summed E-state index contributed by atoms with van der Waals surface area (Å²) in [5.74, 6) is -3.03. The van der Waals surface area contributed by atoms with E-state index in [4.69, 9.17) is 0 Å². The Balaban J connectivity index is 2.31. The molecule has 0 saturated heterocycles. The molecule has 1 saturated carbocycles. The predicted octanol–water partition coefficient (Wildman–Crippen LogP) is 3.57. The molecule has 1 fully saturated rings. The van der Waals surface area contributed by atoms with E-state index in [2.05, 4.69) is 15.9 Å². The van der Waals surface area contributed by atoms with Crippen LogP contribution in [0.2, 0.25) is 0 Å². The summed E-state index contributed by atoms with van der Waals surface area (Å²) in [6.45, 7) is 0. The Morgan fingerprint density at radius 2 is 1.92 bits per heavy atom. The van der Waals surface area contributed by atoms with Crippen molar-refractivity contribution in [2.75, 3.05) is 0 Å². The molecule has 0 nitrogen and oxygen atoms in total. The van der Waals surface area contributed by atoms with E-state index in [0.717, 1.165) is 10.0 Å². The van der Waals surface area contributed by atoms with Crippen LogP contribution < -0.4 is 0 Å². The van der Waals surface area contributed by atoms with Gasteiger partial charge < -0.3 is 0 Å². The SMILES string of the molecule is FC1(F)C[C@H]1c1ccccc1Br. The van der Waals surface area contributed by atoms with Crippen LogP contribution in [0, 0.1) is 0 Å². The quantitative estimate of drug-likeness (QED) is 0.695. The summed E-state index contributed by atoms with van der Waals surface area (Å²) < 4.78 is 26.1. The molecule has 0 amide bonds. The Kier molecular flexibility index (Phi) is 1.72. The minimum atomic E-state index is -2.47. The highest BCUT2D eigenvalue weighted by atomic mass is 79.9. The van der Waals surface area contributed by atoms with Crippen LogP contribution in [-0.2, 0) is 0 Å². The second-order valence-corrected chi connectivity index (χ2v) is 3.89. The highest BCUT2D eigenvalue weighted by Crippen LogP contribution is 2.56. The van der Waals surface area contributed by atoms with Crippen molar-refractivity contribution in [3.05, 3.63) is 34.3 Å². The normalized spacial score (nSPS) is 25.4. The number of hydrogen-bond donors (Lipinski definition) is 0. The average molecular weight is 233 g/mol. The number of alkyl halides is 2. The van der Waals surface area contributed by atoms with E-state index < -0.39 is 11.8 Å². The van der Waals surface area contributed by atoms with Gasteiger partial charge in [0.15, 0.2) is 0 Å². The van der Waals surface area contributed by atoms with E-state index in [9.17, 15) is 8.78 Å². The van der Waals surface area contributed by atoms with Gasteiger partial charge in [0, 0.05) is 10.9 Å². The summed E-state index contributed by atoms with van der Waals surface area (Å²) >= 11 is 3.26. The van der Waals surface area contributed by atoms with Crippen LogP contribution in [0.4, 0.5) is 8.78 Å². The topological polar surface area (TPSA) is 0 Å². The Morgan fingerprint density at radius 3 is 2.42 bits per heavy atom. The van der Waals surface area contributed by atoms with Crippen LogP contribution in [-0.4, -0.2) is 5.92 Å². The van der Waals surface area contributed by atoms with Crippen molar-refractivity contribution in [1.82, 2.24) is 0 Å². The lowest BCUT2D eigenvalue weighted by Gasteiger charge is -2.01. The van der Waals surface area contributed by atoms with Crippen LogP contribution in [0.5, 0.6) is 0 Å². The molecule has 1 atom stereocenters. The molecule has 0 N–H and O–H groups in total. The summed E-state index contributed by atoms with van der Waals surface area (Å²) in [7, 11) is 0. The lowest BCUT2D eigenvalue weighted by atomic mass is 10.1. The van der Waals surface area contributed by atoms with Crippen LogP contribution in [0.3, 0.4) is 0 Å². The second-order valence-electron chi connectivity index (χ2n) is 3.04. The largest absolute Gasteiger partial charge is 0.255 e. The van der Waals surface area contributed by atoms with Gasteiger partial charge in [-0.3, -0.25) is 0 Å². The summed E-state index contributed by atoms with van der Waals surface area (Å²) in [5, 5.41) is 0. The lowest BCUT2D eigenvalue weighted by Crippen LogP contribution is -1.93. The first-order chi connectivity index (χ1) is 5.61. The molecule has 0 heterocycles. The summed E-state index contributed by atoms with van der Waals surface area (Å²) in [6.07, 6.45) is -0.00435. The van der Waals surface area contributed by atoms with Gasteiger partial charge in [-0.05, 0) is 11.6 Å². The lowest BCUT2D eigenvalue weighted by molar-refractivity contribution is 0.112. The number of benzene rings is 1. The molecule has 0 radical (unpaired) electrons. The smallest absolute Gasteiger partial charge is 0.206 e. The predicted molar refractivity (Wildman–Crippen MR) is 46.4 cm³/mol. The van der Waals surface area contributed by atoms with Crippen LogP contribution >= 0.6 is 15.9 Å². The summed E-state index contributed by atoms with van der Waals surface area (Å²) in [4.78, 5) is 0. The van der Waals surface area contributed by atoms with Crippen molar-refractivity contribution in [3.63, 3.8) is 0 Å². The molecule has 1 aromatic rings. The van der Waals surface area contributed by atoms with Gasteiger partial charge in [-0.2, -0.15) is 0 Å². The zero-order valence-corrected chi connectivity index (χ0v) is 7.81. The third kappa shape index (κ3) is 1.26. The zero-order valence-electron chi connectivity index (χ0n) is 6.23. The molecule has 0 aromatic heterocycles. The van der Waals surface area contributed by atoms with E-state index in [1.807, 2.05) is 6.07 Å². The fourth-order valence-electron chi connectivity index (χ4n) is 1.31. The van der Waals surface area contributed by atoms with Crippen molar-refractivity contribution in [3.8, 4) is 0 Å². The van der Waals surface area contributed by atoms with Crippen molar-refractivity contribution in [2.24, 2.45) is 0 Å². The fraction of sp³-hybridized carbons (Fsp3) is 0.333. The fourth-order valence-corrected chi connectivity index (χ4v) is 1.87. The van der Waals surface area contributed by atoms with Crippen LogP contribution in [0.1, 0.15) is 17.9 Å². The van der Waals surface area contributed by atoms with Gasteiger partial charge >= 0.3 is 0 Å². The first kappa shape index (κ1) is 8.17. The Hall–Kier alpha value is -0.440. The molecule has 1 aliphatic carbocycles. The van der Waals surface area contributed by atoms with Gasteiger partial charge in [-0.25, -0.2) is 8.78 Å². The number of halogens is 3. The molecule has 64 valence electrons. The van der Waals surface area contributed by atoms with Gasteiger partial charge in [0.05, 0.1) is 5.92 Å². The zero-order chi connectivity index (χ0) is 8.77. The van der Waals surface area contributed by atoms with Crippen LogP contribution in [0.15, 0.2) is 28.7 Å². The summed E-state index contributed by atoms with van der Waals surface area (Å²) in [6, 6.07) is 7.15. The van der Waals surface area contributed by atoms with Crippen molar-refractivity contribution < 1.29 is 8.78 Å². The van der Waals surface area contributed by atoms with Crippen molar-refractivity contribution in [2.45, 2.75) is 18.3 Å². The number of hydrogen-bond acceptors (Lipinski definition) is 0. The third-order valence-corrected chi connectivity index (χ3v) is 2.83. The second kappa shape index (κ2) is 2.52. The molecular weight excluding hydrogens is 226 g/mol. The highest BCUT2D eigenvalue weighted by molar-refractivity contribution is 9.10. The van der Waals surface area contributed by atoms with Crippen LogP contribution in [0.25, 0.3) is 0 Å². The van der Waals surface area contributed by atoms with Crippen molar-refractivity contribution in [1.29, 1.82) is 0 Å². The first-order valence-corrected chi connectivity index (χ1v) is 4.53. The minimum absolute atomic E-state index is 0.00435. The standard InChI is InChI=1S/C9H7BrF2/c10-8-4-2-1-3-6(8)7-5-9(7,11)12/h1-4,7H,5H2/t7-/m0/s1. The maximum Gasteiger partial charge on any atom is 0.255 e. The molecule has 0 aliphatic heterocycles. The summed E-state index contributed by atoms with van der Waals surface area (Å²) in [5.41, 5.74) is 0.725. The molecule has 2 rings (SSSR count). The maximum atomic E-state index is 12.6. The first-order valence-electron chi connectivity index (χ1n) is 3.73. The van der Waals surface area contributed by atoms with Gasteiger partial charge in [0.2, 0.25) is 0 Å². The molecule has 0 spiro atoms. The number of rotatable bonds is 1. The Labute approximate surface area is 77.7 Å². The average Bonchev–Trinajstić information content (AvgIpc) is 2.61. The molecule has 0 bridgehead atoms. The van der Waals surface area contributed by atoms with Gasteiger partial charge in [-0.1, -0.05) is 34.1 Å². The molecule has 0 unspecified atom stereocenters. The van der Waals surface area contributed by atoms with Gasteiger partial charge in [0.1, 0.15) is 0 Å². The van der Waals surface area contributed by atoms with E-state index in [-0.39, 0.29) is 6.42 Å². The Bertz CT molecular complexity index is 309. The van der Waals surface area contributed by atoms with E-state index >= 15 is 0 Å². The maximum absolute atomic E-state index is 12.6. The highest BCUT2D eigenvalue weighted by Gasteiger charge is 2.57.